The fourth-order valence-electron chi connectivity index (χ4n) is 3.08. The number of nitrogens with zero attached hydrogens (tertiary/aromatic N) is 1. The van der Waals surface area contributed by atoms with Gasteiger partial charge in [0.25, 0.3) is 5.91 Å². The molecule has 3 aromatic carbocycles. The third-order valence-electron chi connectivity index (χ3n) is 4.66. The van der Waals surface area contributed by atoms with Gasteiger partial charge in [0, 0.05) is 10.6 Å². The smallest absolute Gasteiger partial charge is 0.335 e. The van der Waals surface area contributed by atoms with Crippen LogP contribution in [0.1, 0.15) is 21.5 Å². The highest BCUT2D eigenvalue weighted by molar-refractivity contribution is 8.27. The number of halogens is 1. The molecule has 32 heavy (non-hydrogen) atoms. The number of hydrogen-bond acceptors (Lipinski definition) is 5. The Kier molecular flexibility index (Phi) is 6.60. The molecule has 5 nitrogen and oxygen atoms in total. The minimum atomic E-state index is -1.07. The molecular formula is C24H16ClNO4S2. The number of thioether (sulfide) groups is 1. The van der Waals surface area contributed by atoms with E-state index >= 15 is 0 Å². The van der Waals surface area contributed by atoms with Gasteiger partial charge in [-0.1, -0.05) is 72.0 Å². The van der Waals surface area contributed by atoms with Crippen molar-refractivity contribution < 1.29 is 19.4 Å². The van der Waals surface area contributed by atoms with Gasteiger partial charge in [0.1, 0.15) is 12.4 Å². The van der Waals surface area contributed by atoms with Gasteiger partial charge in [-0.15, -0.1) is 0 Å². The van der Waals surface area contributed by atoms with E-state index in [1.165, 1.54) is 17.0 Å². The molecule has 1 aliphatic rings. The Morgan fingerprint density at radius 3 is 2.59 bits per heavy atom. The van der Waals surface area contributed by atoms with Gasteiger partial charge in [-0.25, -0.2) is 4.79 Å². The number of aromatic carboxylic acids is 1. The van der Waals surface area contributed by atoms with Crippen molar-refractivity contribution in [3.8, 4) is 5.75 Å². The molecule has 0 bridgehead atoms. The van der Waals surface area contributed by atoms with Crippen LogP contribution in [0.2, 0.25) is 5.02 Å². The SMILES string of the molecule is O=C(O)c1cccc(N2C(=O)/C(=C\c3ccccc3OCc3ccc(Cl)cc3)SC2=S)c1. The summed E-state index contributed by atoms with van der Waals surface area (Å²) in [4.78, 5) is 26.1. The van der Waals surface area contributed by atoms with E-state index in [9.17, 15) is 14.7 Å². The molecular weight excluding hydrogens is 466 g/mol. The number of hydrogen-bond donors (Lipinski definition) is 1. The van der Waals surface area contributed by atoms with E-state index in [0.29, 0.717) is 32.3 Å². The lowest BCUT2D eigenvalue weighted by Crippen LogP contribution is -2.27. The molecule has 1 fully saturated rings. The molecule has 0 radical (unpaired) electrons. The van der Waals surface area contributed by atoms with E-state index in [4.69, 9.17) is 28.6 Å². The summed E-state index contributed by atoms with van der Waals surface area (Å²) in [6.07, 6.45) is 1.73. The molecule has 160 valence electrons. The Bertz CT molecular complexity index is 1240. The zero-order chi connectivity index (χ0) is 22.7. The predicted octanol–water partition coefficient (Wildman–Crippen LogP) is 6.02. The summed E-state index contributed by atoms with van der Waals surface area (Å²) in [6, 6.07) is 20.9. The topological polar surface area (TPSA) is 66.8 Å². The van der Waals surface area contributed by atoms with Gasteiger partial charge in [-0.3, -0.25) is 9.69 Å². The maximum absolute atomic E-state index is 13.1. The third kappa shape index (κ3) is 4.85. The van der Waals surface area contributed by atoms with Gasteiger partial charge in [-0.05, 0) is 48.0 Å². The van der Waals surface area contributed by atoms with Gasteiger partial charge in [-0.2, -0.15) is 0 Å². The molecule has 0 spiro atoms. The maximum atomic E-state index is 13.1. The normalized spacial score (nSPS) is 14.8. The number of thiocarbonyl (C=S) groups is 1. The lowest BCUT2D eigenvalue weighted by Gasteiger charge is -2.15. The third-order valence-corrected chi connectivity index (χ3v) is 6.21. The summed E-state index contributed by atoms with van der Waals surface area (Å²) in [7, 11) is 0. The first-order chi connectivity index (χ1) is 15.4. The largest absolute Gasteiger partial charge is 0.488 e. The highest BCUT2D eigenvalue weighted by atomic mass is 35.5. The number of carbonyl (C=O) groups is 2. The van der Waals surface area contributed by atoms with Crippen LogP contribution >= 0.6 is 35.6 Å². The first-order valence-electron chi connectivity index (χ1n) is 9.50. The lowest BCUT2D eigenvalue weighted by atomic mass is 10.1. The van der Waals surface area contributed by atoms with E-state index in [1.54, 1.807) is 30.3 Å². The second kappa shape index (κ2) is 9.56. The quantitative estimate of drug-likeness (QED) is 0.343. The van der Waals surface area contributed by atoms with E-state index in [-0.39, 0.29) is 11.5 Å². The molecule has 0 aromatic heterocycles. The fourth-order valence-corrected chi connectivity index (χ4v) is 4.50. The predicted molar refractivity (Wildman–Crippen MR) is 131 cm³/mol. The van der Waals surface area contributed by atoms with E-state index < -0.39 is 5.97 Å². The number of benzene rings is 3. The number of carboxylic acid groups (broad SMARTS) is 1. The number of carboxylic acids is 1. The Labute approximate surface area is 199 Å². The molecule has 0 saturated carbocycles. The molecule has 4 rings (SSSR count). The van der Waals surface area contributed by atoms with Crippen molar-refractivity contribution >= 4 is 63.5 Å². The van der Waals surface area contributed by atoms with Crippen molar-refractivity contribution in [1.29, 1.82) is 0 Å². The molecule has 8 heteroatoms. The van der Waals surface area contributed by atoms with Gasteiger partial charge in [0.15, 0.2) is 4.32 Å². The van der Waals surface area contributed by atoms with Gasteiger partial charge in [0.05, 0.1) is 16.2 Å². The zero-order valence-electron chi connectivity index (χ0n) is 16.5. The first-order valence-corrected chi connectivity index (χ1v) is 11.1. The summed E-state index contributed by atoms with van der Waals surface area (Å²) in [6.45, 7) is 0.352. The van der Waals surface area contributed by atoms with E-state index in [1.807, 2.05) is 36.4 Å². The van der Waals surface area contributed by atoms with Crippen LogP contribution in [-0.2, 0) is 11.4 Å². The summed E-state index contributed by atoms with van der Waals surface area (Å²) in [5, 5.41) is 9.89. The lowest BCUT2D eigenvalue weighted by molar-refractivity contribution is -0.113. The highest BCUT2D eigenvalue weighted by Gasteiger charge is 2.33. The second-order valence-electron chi connectivity index (χ2n) is 6.83. The zero-order valence-corrected chi connectivity index (χ0v) is 18.9. The van der Waals surface area contributed by atoms with E-state index in [2.05, 4.69) is 0 Å². The van der Waals surface area contributed by atoms with Crippen LogP contribution in [0.3, 0.4) is 0 Å². The van der Waals surface area contributed by atoms with Crippen LogP contribution in [0.15, 0.2) is 77.7 Å². The maximum Gasteiger partial charge on any atom is 0.335 e. The summed E-state index contributed by atoms with van der Waals surface area (Å²) in [5.74, 6) is -0.754. The number of amides is 1. The molecule has 1 saturated heterocycles. The number of carbonyl (C=O) groups excluding carboxylic acids is 1. The van der Waals surface area contributed by atoms with E-state index in [0.717, 1.165) is 22.9 Å². The van der Waals surface area contributed by atoms with Crippen molar-refractivity contribution in [2.75, 3.05) is 4.90 Å². The Morgan fingerprint density at radius 2 is 1.84 bits per heavy atom. The van der Waals surface area contributed by atoms with Crippen LogP contribution in [0, 0.1) is 0 Å². The average Bonchev–Trinajstić information content (AvgIpc) is 3.07. The van der Waals surface area contributed by atoms with Crippen LogP contribution in [-0.4, -0.2) is 21.3 Å². The average molecular weight is 482 g/mol. The Morgan fingerprint density at radius 1 is 1.09 bits per heavy atom. The summed E-state index contributed by atoms with van der Waals surface area (Å²) >= 11 is 12.5. The summed E-state index contributed by atoms with van der Waals surface area (Å²) < 4.78 is 6.31. The standard InChI is InChI=1S/C24H16ClNO4S2/c25-18-10-8-15(9-11-18)14-30-20-7-2-1-4-16(20)13-21-22(27)26(24(31)32-21)19-6-3-5-17(12-19)23(28)29/h1-13H,14H2,(H,28,29)/b21-13+. The molecule has 1 aliphatic heterocycles. The van der Waals surface area contributed by atoms with Crippen molar-refractivity contribution in [2.45, 2.75) is 6.61 Å². The summed E-state index contributed by atoms with van der Waals surface area (Å²) in [5.41, 5.74) is 2.21. The highest BCUT2D eigenvalue weighted by Crippen LogP contribution is 2.37. The van der Waals surface area contributed by atoms with Crippen LogP contribution in [0.5, 0.6) is 5.75 Å². The Hall–Kier alpha value is -3.13. The molecule has 1 N–H and O–H groups in total. The number of rotatable bonds is 6. The molecule has 0 atom stereocenters. The van der Waals surface area contributed by atoms with Crippen LogP contribution in [0.4, 0.5) is 5.69 Å². The number of para-hydroxylation sites is 1. The monoisotopic (exact) mass is 481 g/mol. The Balaban J connectivity index is 1.57. The van der Waals surface area contributed by atoms with Gasteiger partial charge < -0.3 is 9.84 Å². The van der Waals surface area contributed by atoms with Gasteiger partial charge in [0.2, 0.25) is 0 Å². The van der Waals surface area contributed by atoms with Gasteiger partial charge >= 0.3 is 5.97 Å². The first kappa shape index (κ1) is 22.1. The minimum Gasteiger partial charge on any atom is -0.488 e. The van der Waals surface area contributed by atoms with Crippen molar-refractivity contribution in [3.05, 3.63) is 99.4 Å². The minimum absolute atomic E-state index is 0.0847. The van der Waals surface area contributed by atoms with Crippen molar-refractivity contribution in [3.63, 3.8) is 0 Å². The fraction of sp³-hybridized carbons (Fsp3) is 0.0417. The number of ether oxygens (including phenoxy) is 1. The molecule has 0 aliphatic carbocycles. The van der Waals surface area contributed by atoms with Crippen molar-refractivity contribution in [1.82, 2.24) is 0 Å². The number of anilines is 1. The molecule has 1 amide bonds. The van der Waals surface area contributed by atoms with Crippen LogP contribution < -0.4 is 9.64 Å². The molecule has 1 heterocycles. The second-order valence-corrected chi connectivity index (χ2v) is 8.94. The van der Waals surface area contributed by atoms with Crippen molar-refractivity contribution in [2.24, 2.45) is 0 Å². The molecule has 3 aromatic rings. The van der Waals surface area contributed by atoms with Crippen LogP contribution in [0.25, 0.3) is 6.08 Å². The molecule has 0 unspecified atom stereocenters.